The van der Waals surface area contributed by atoms with Crippen LogP contribution in [0.25, 0.3) is 16.6 Å². The summed E-state index contributed by atoms with van der Waals surface area (Å²) in [5.74, 6) is 4.16. The first-order valence-electron chi connectivity index (χ1n) is 13.2. The van der Waals surface area contributed by atoms with E-state index in [1.807, 2.05) is 22.9 Å². The number of benzene rings is 1. The van der Waals surface area contributed by atoms with Crippen LogP contribution in [0.5, 0.6) is 5.75 Å². The second kappa shape index (κ2) is 10.3. The van der Waals surface area contributed by atoms with E-state index in [1.165, 1.54) is 18.4 Å². The van der Waals surface area contributed by atoms with E-state index in [0.717, 1.165) is 45.2 Å². The number of hydrogen-bond donors (Lipinski definition) is 1. The van der Waals surface area contributed by atoms with Crippen molar-refractivity contribution in [3.8, 4) is 16.9 Å². The Morgan fingerprint density at radius 3 is 2.65 bits per heavy atom. The number of pyridine rings is 1. The molecule has 194 valence electrons. The molecule has 0 saturated heterocycles. The number of halogens is 1. The van der Waals surface area contributed by atoms with E-state index in [1.54, 1.807) is 25.7 Å². The molecular formula is C30H36ClN5O. The molecule has 6 nitrogen and oxygen atoms in total. The number of nitrogens with zero attached hydrogens (tertiary/aromatic N) is 4. The number of hydrogen-bond acceptors (Lipinski definition) is 5. The van der Waals surface area contributed by atoms with Gasteiger partial charge in [-0.25, -0.2) is 9.97 Å². The molecule has 1 aliphatic carbocycles. The highest BCUT2D eigenvalue weighted by molar-refractivity contribution is 6.32. The highest BCUT2D eigenvalue weighted by Gasteiger charge is 2.37. The van der Waals surface area contributed by atoms with E-state index in [9.17, 15) is 0 Å². The first-order valence-corrected chi connectivity index (χ1v) is 13.6. The first kappa shape index (κ1) is 25.5. The predicted molar refractivity (Wildman–Crippen MR) is 150 cm³/mol. The third-order valence-electron chi connectivity index (χ3n) is 8.22. The second-order valence-corrected chi connectivity index (χ2v) is 11.3. The van der Waals surface area contributed by atoms with E-state index in [-0.39, 0.29) is 5.92 Å². The number of aromatic nitrogens is 4. The van der Waals surface area contributed by atoms with Crippen molar-refractivity contribution in [1.29, 1.82) is 0 Å². The van der Waals surface area contributed by atoms with Crippen LogP contribution in [-0.2, 0) is 0 Å². The van der Waals surface area contributed by atoms with E-state index in [4.69, 9.17) is 27.1 Å². The van der Waals surface area contributed by atoms with Crippen LogP contribution in [0, 0.1) is 17.8 Å². The van der Waals surface area contributed by atoms with Crippen molar-refractivity contribution in [3.63, 3.8) is 0 Å². The van der Waals surface area contributed by atoms with Crippen molar-refractivity contribution >= 4 is 22.9 Å². The maximum absolute atomic E-state index is 7.28. The summed E-state index contributed by atoms with van der Waals surface area (Å²) in [6, 6.07) is 6.18. The molecule has 0 amide bonds. The summed E-state index contributed by atoms with van der Waals surface area (Å²) < 4.78 is 8.23. The molecule has 7 heteroatoms. The Morgan fingerprint density at radius 2 is 1.95 bits per heavy atom. The van der Waals surface area contributed by atoms with Gasteiger partial charge in [0.05, 0.1) is 13.3 Å². The molecule has 0 bridgehead atoms. The SMILES string of the molecule is COc1c(C(C)c2ncc3c(N)nccn23)cc(Cl)c(C2CC(C)CCC2C(C)C)c1-c1cccnc1. The summed E-state index contributed by atoms with van der Waals surface area (Å²) in [6.45, 7) is 9.16. The molecule has 0 spiro atoms. The lowest BCUT2D eigenvalue weighted by molar-refractivity contribution is 0.197. The zero-order chi connectivity index (χ0) is 26.3. The lowest BCUT2D eigenvalue weighted by Gasteiger charge is -2.39. The Bertz CT molecular complexity index is 1400. The third-order valence-corrected chi connectivity index (χ3v) is 8.53. The fraction of sp³-hybridized carbons (Fsp3) is 0.433. The molecule has 3 heterocycles. The van der Waals surface area contributed by atoms with Gasteiger partial charge in [-0.05, 0) is 54.2 Å². The van der Waals surface area contributed by atoms with Crippen molar-refractivity contribution in [2.24, 2.45) is 17.8 Å². The lowest BCUT2D eigenvalue weighted by atomic mass is 9.66. The van der Waals surface area contributed by atoms with Gasteiger partial charge in [-0.1, -0.05) is 51.8 Å². The van der Waals surface area contributed by atoms with Crippen LogP contribution in [0.15, 0.2) is 49.2 Å². The molecule has 4 aromatic rings. The minimum absolute atomic E-state index is 0.104. The maximum atomic E-state index is 7.28. The average molecular weight is 518 g/mol. The Labute approximate surface area is 224 Å². The molecule has 1 fully saturated rings. The van der Waals surface area contributed by atoms with Crippen LogP contribution < -0.4 is 10.5 Å². The molecule has 3 aromatic heterocycles. The fourth-order valence-corrected chi connectivity index (χ4v) is 6.68. The number of imidazole rings is 1. The molecule has 5 rings (SSSR count). The Hall–Kier alpha value is -3.12. The van der Waals surface area contributed by atoms with Gasteiger partial charge in [0.15, 0.2) is 0 Å². The van der Waals surface area contributed by atoms with Gasteiger partial charge in [0.2, 0.25) is 0 Å². The average Bonchev–Trinajstić information content (AvgIpc) is 3.33. The summed E-state index contributed by atoms with van der Waals surface area (Å²) >= 11 is 7.28. The number of methoxy groups -OCH3 is 1. The second-order valence-electron chi connectivity index (χ2n) is 10.8. The third kappa shape index (κ3) is 4.56. The quantitative estimate of drug-likeness (QED) is 0.289. The van der Waals surface area contributed by atoms with Crippen molar-refractivity contribution in [2.45, 2.75) is 58.8 Å². The van der Waals surface area contributed by atoms with Gasteiger partial charge in [-0.3, -0.25) is 9.38 Å². The van der Waals surface area contributed by atoms with Crippen LogP contribution >= 0.6 is 11.6 Å². The zero-order valence-electron chi connectivity index (χ0n) is 22.3. The number of nitrogen functional groups attached to an aromatic ring is 1. The first-order chi connectivity index (χ1) is 17.8. The summed E-state index contributed by atoms with van der Waals surface area (Å²) in [5, 5.41) is 0.785. The largest absolute Gasteiger partial charge is 0.496 e. The lowest BCUT2D eigenvalue weighted by Crippen LogP contribution is -2.27. The molecule has 4 atom stereocenters. The Balaban J connectivity index is 1.75. The maximum Gasteiger partial charge on any atom is 0.149 e. The van der Waals surface area contributed by atoms with Gasteiger partial charge < -0.3 is 10.5 Å². The Kier molecular flexibility index (Phi) is 7.13. The van der Waals surface area contributed by atoms with Crippen LogP contribution in [0.1, 0.15) is 75.7 Å². The summed E-state index contributed by atoms with van der Waals surface area (Å²) in [5.41, 5.74) is 11.2. The summed E-state index contributed by atoms with van der Waals surface area (Å²) in [6.07, 6.45) is 12.7. The number of rotatable bonds is 6. The van der Waals surface area contributed by atoms with Crippen LogP contribution in [-0.4, -0.2) is 26.5 Å². The van der Waals surface area contributed by atoms with Gasteiger partial charge in [0, 0.05) is 52.4 Å². The molecule has 1 saturated carbocycles. The van der Waals surface area contributed by atoms with Gasteiger partial charge in [-0.2, -0.15) is 0 Å². The smallest absolute Gasteiger partial charge is 0.149 e. The molecule has 0 radical (unpaired) electrons. The topological polar surface area (TPSA) is 78.3 Å². The number of fused-ring (bicyclic) bond motifs is 1. The molecule has 4 unspecified atom stereocenters. The number of ether oxygens (including phenoxy) is 1. The number of anilines is 1. The van der Waals surface area contributed by atoms with E-state index >= 15 is 0 Å². The number of nitrogens with two attached hydrogens (primary N) is 1. The van der Waals surface area contributed by atoms with Crippen LogP contribution in [0.4, 0.5) is 5.82 Å². The van der Waals surface area contributed by atoms with E-state index in [2.05, 4.69) is 49.8 Å². The van der Waals surface area contributed by atoms with Crippen molar-refractivity contribution in [3.05, 3.63) is 71.2 Å². The predicted octanol–water partition coefficient (Wildman–Crippen LogP) is 7.36. The fourth-order valence-electron chi connectivity index (χ4n) is 6.33. The molecular weight excluding hydrogens is 482 g/mol. The molecule has 37 heavy (non-hydrogen) atoms. The van der Waals surface area contributed by atoms with E-state index in [0.29, 0.717) is 29.5 Å². The monoisotopic (exact) mass is 517 g/mol. The van der Waals surface area contributed by atoms with Crippen molar-refractivity contribution in [2.75, 3.05) is 12.8 Å². The molecule has 1 aliphatic rings. The highest BCUT2D eigenvalue weighted by Crippen LogP contribution is 2.53. The van der Waals surface area contributed by atoms with Gasteiger partial charge in [-0.15, -0.1) is 0 Å². The normalized spacial score (nSPS) is 20.9. The molecule has 2 N–H and O–H groups in total. The van der Waals surface area contributed by atoms with E-state index < -0.39 is 0 Å². The zero-order valence-corrected chi connectivity index (χ0v) is 23.0. The summed E-state index contributed by atoms with van der Waals surface area (Å²) in [4.78, 5) is 13.4. The van der Waals surface area contributed by atoms with Gasteiger partial charge in [0.25, 0.3) is 0 Å². The highest BCUT2D eigenvalue weighted by atomic mass is 35.5. The minimum Gasteiger partial charge on any atom is -0.496 e. The molecule has 0 aliphatic heterocycles. The van der Waals surface area contributed by atoms with Crippen molar-refractivity contribution < 1.29 is 4.74 Å². The van der Waals surface area contributed by atoms with Gasteiger partial charge >= 0.3 is 0 Å². The van der Waals surface area contributed by atoms with Gasteiger partial charge in [0.1, 0.15) is 22.9 Å². The standard InChI is InChI=1S/C30H36ClN5O/c1-17(2)21-9-8-18(3)13-23(21)27-24(31)14-22(28(37-5)26(27)20-7-6-10-33-15-20)19(4)30-35-16-25-29(32)34-11-12-36(25)30/h6-7,10-12,14-19,21,23H,8-9,13H2,1-5H3,(H2,32,34). The minimum atomic E-state index is -0.104. The van der Waals surface area contributed by atoms with Crippen molar-refractivity contribution in [1.82, 2.24) is 19.4 Å². The summed E-state index contributed by atoms with van der Waals surface area (Å²) in [7, 11) is 1.75. The van der Waals surface area contributed by atoms with Crippen LogP contribution in [0.3, 0.4) is 0 Å². The Morgan fingerprint density at radius 1 is 1.14 bits per heavy atom. The van der Waals surface area contributed by atoms with Crippen LogP contribution in [0.2, 0.25) is 5.02 Å². The molecule has 1 aromatic carbocycles.